The summed E-state index contributed by atoms with van der Waals surface area (Å²) < 4.78 is 2.88. The lowest BCUT2D eigenvalue weighted by molar-refractivity contribution is 0.593. The minimum absolute atomic E-state index is 0.299. The first-order valence-corrected chi connectivity index (χ1v) is 6.57. The van der Waals surface area contributed by atoms with Crippen LogP contribution in [-0.4, -0.2) is 22.0 Å². The van der Waals surface area contributed by atoms with Crippen molar-refractivity contribution in [3.05, 3.63) is 32.7 Å². The monoisotopic (exact) mass is 300 g/mol. The molecule has 0 fully saturated rings. The van der Waals surface area contributed by atoms with Crippen molar-refractivity contribution >= 4 is 27.3 Å². The van der Waals surface area contributed by atoms with E-state index in [0.717, 1.165) is 15.9 Å². The summed E-state index contributed by atoms with van der Waals surface area (Å²) in [6.07, 6.45) is 2.81. The number of thiophene rings is 1. The van der Waals surface area contributed by atoms with Gasteiger partial charge < -0.3 is 5.32 Å². The summed E-state index contributed by atoms with van der Waals surface area (Å²) in [6.45, 7) is 0. The molecule has 0 spiro atoms. The van der Waals surface area contributed by atoms with Crippen LogP contribution in [0.2, 0.25) is 0 Å². The number of halogens is 1. The number of likely N-dealkylation sites (N-methyl/N-ethyl adjacent to an activating group) is 1. The molecule has 4 nitrogen and oxygen atoms in total. The van der Waals surface area contributed by atoms with Crippen LogP contribution in [0.3, 0.4) is 0 Å². The van der Waals surface area contributed by atoms with Gasteiger partial charge in [0, 0.05) is 30.6 Å². The SMILES string of the molecule is CNC(Cc1cn(C)nn1)c1ccc(Br)s1. The van der Waals surface area contributed by atoms with E-state index in [4.69, 9.17) is 0 Å². The smallest absolute Gasteiger partial charge is 0.0846 e. The lowest BCUT2D eigenvalue weighted by Gasteiger charge is -2.12. The number of hydrogen-bond acceptors (Lipinski definition) is 4. The van der Waals surface area contributed by atoms with Crippen molar-refractivity contribution in [1.29, 1.82) is 0 Å². The second-order valence-electron chi connectivity index (χ2n) is 3.57. The van der Waals surface area contributed by atoms with Crippen molar-refractivity contribution in [2.45, 2.75) is 12.5 Å². The highest BCUT2D eigenvalue weighted by atomic mass is 79.9. The summed E-state index contributed by atoms with van der Waals surface area (Å²) in [5, 5.41) is 11.3. The highest BCUT2D eigenvalue weighted by Crippen LogP contribution is 2.28. The maximum Gasteiger partial charge on any atom is 0.0846 e. The molecular weight excluding hydrogens is 288 g/mol. The molecule has 0 radical (unpaired) electrons. The fraction of sp³-hybridized carbons (Fsp3) is 0.400. The summed E-state index contributed by atoms with van der Waals surface area (Å²) in [5.41, 5.74) is 1.01. The largest absolute Gasteiger partial charge is 0.312 e. The van der Waals surface area contributed by atoms with Crippen LogP contribution in [0.25, 0.3) is 0 Å². The molecule has 2 aromatic heterocycles. The fourth-order valence-corrected chi connectivity index (χ4v) is 3.09. The normalized spacial score (nSPS) is 12.9. The Kier molecular flexibility index (Phi) is 3.73. The lowest BCUT2D eigenvalue weighted by Crippen LogP contribution is -2.17. The first-order chi connectivity index (χ1) is 7.69. The Balaban J connectivity index is 2.12. The topological polar surface area (TPSA) is 42.7 Å². The van der Waals surface area contributed by atoms with E-state index >= 15 is 0 Å². The number of nitrogens with zero attached hydrogens (tertiary/aromatic N) is 3. The van der Waals surface area contributed by atoms with Crippen LogP contribution in [0.15, 0.2) is 22.1 Å². The summed E-state index contributed by atoms with van der Waals surface area (Å²) >= 11 is 5.22. The van der Waals surface area contributed by atoms with Crippen molar-refractivity contribution in [2.75, 3.05) is 7.05 Å². The van der Waals surface area contributed by atoms with Gasteiger partial charge in [-0.3, -0.25) is 4.68 Å². The number of aromatic nitrogens is 3. The van der Waals surface area contributed by atoms with Crippen LogP contribution >= 0.6 is 27.3 Å². The van der Waals surface area contributed by atoms with Gasteiger partial charge in [0.05, 0.1) is 9.48 Å². The fourth-order valence-electron chi connectivity index (χ4n) is 1.56. The molecule has 0 saturated heterocycles. The Hall–Kier alpha value is -0.720. The Morgan fingerprint density at radius 3 is 2.88 bits per heavy atom. The molecule has 0 saturated carbocycles. The molecule has 0 aliphatic heterocycles. The van der Waals surface area contributed by atoms with Gasteiger partial charge in [0.2, 0.25) is 0 Å². The molecule has 6 heteroatoms. The van der Waals surface area contributed by atoms with E-state index in [9.17, 15) is 0 Å². The highest BCUT2D eigenvalue weighted by molar-refractivity contribution is 9.11. The maximum absolute atomic E-state index is 4.10. The van der Waals surface area contributed by atoms with Gasteiger partial charge in [0.1, 0.15) is 0 Å². The van der Waals surface area contributed by atoms with E-state index in [1.807, 2.05) is 20.3 Å². The van der Waals surface area contributed by atoms with Crippen molar-refractivity contribution < 1.29 is 0 Å². The molecule has 0 aromatic carbocycles. The van der Waals surface area contributed by atoms with Gasteiger partial charge in [-0.2, -0.15) is 0 Å². The Bertz CT molecular complexity index is 465. The average Bonchev–Trinajstić information content (AvgIpc) is 2.84. The van der Waals surface area contributed by atoms with Crippen LogP contribution in [0.1, 0.15) is 16.6 Å². The van der Waals surface area contributed by atoms with Crippen molar-refractivity contribution in [2.24, 2.45) is 7.05 Å². The molecule has 0 aliphatic rings. The molecule has 1 unspecified atom stereocenters. The zero-order valence-electron chi connectivity index (χ0n) is 9.14. The third-order valence-corrected chi connectivity index (χ3v) is 4.09. The summed E-state index contributed by atoms with van der Waals surface area (Å²) in [5.74, 6) is 0. The number of aryl methyl sites for hydroxylation is 1. The third kappa shape index (κ3) is 2.69. The lowest BCUT2D eigenvalue weighted by atomic mass is 10.1. The van der Waals surface area contributed by atoms with Gasteiger partial charge in [-0.15, -0.1) is 16.4 Å². The van der Waals surface area contributed by atoms with Gasteiger partial charge >= 0.3 is 0 Å². The van der Waals surface area contributed by atoms with E-state index in [1.165, 1.54) is 4.88 Å². The molecule has 16 heavy (non-hydrogen) atoms. The van der Waals surface area contributed by atoms with E-state index in [-0.39, 0.29) is 0 Å². The van der Waals surface area contributed by atoms with Crippen molar-refractivity contribution in [1.82, 2.24) is 20.3 Å². The molecule has 0 amide bonds. The Morgan fingerprint density at radius 2 is 2.38 bits per heavy atom. The second-order valence-corrected chi connectivity index (χ2v) is 6.07. The predicted molar refractivity (Wildman–Crippen MR) is 68.5 cm³/mol. The zero-order valence-corrected chi connectivity index (χ0v) is 11.5. The van der Waals surface area contributed by atoms with Crippen molar-refractivity contribution in [3.8, 4) is 0 Å². The van der Waals surface area contributed by atoms with Crippen LogP contribution in [0, 0.1) is 0 Å². The molecule has 2 rings (SSSR count). The van der Waals surface area contributed by atoms with E-state index in [1.54, 1.807) is 16.0 Å². The summed E-state index contributed by atoms with van der Waals surface area (Å²) in [7, 11) is 3.85. The molecule has 0 bridgehead atoms. The van der Waals surface area contributed by atoms with Gasteiger partial charge in [-0.1, -0.05) is 5.21 Å². The highest BCUT2D eigenvalue weighted by Gasteiger charge is 2.14. The van der Waals surface area contributed by atoms with Crippen LogP contribution in [-0.2, 0) is 13.5 Å². The van der Waals surface area contributed by atoms with Crippen LogP contribution in [0.4, 0.5) is 0 Å². The maximum atomic E-state index is 4.10. The van der Waals surface area contributed by atoms with Gasteiger partial charge in [-0.05, 0) is 35.1 Å². The molecular formula is C10H13BrN4S. The molecule has 1 N–H and O–H groups in total. The molecule has 1 atom stereocenters. The minimum atomic E-state index is 0.299. The first kappa shape index (κ1) is 11.8. The van der Waals surface area contributed by atoms with Gasteiger partial charge in [-0.25, -0.2) is 0 Å². The molecule has 2 heterocycles. The molecule has 2 aromatic rings. The standard InChI is InChI=1S/C10H13BrN4S/c1-12-8(9-3-4-10(11)16-9)5-7-6-15(2)14-13-7/h3-4,6,8,12H,5H2,1-2H3. The zero-order chi connectivity index (χ0) is 11.5. The van der Waals surface area contributed by atoms with Gasteiger partial charge in [0.15, 0.2) is 0 Å². The van der Waals surface area contributed by atoms with Crippen molar-refractivity contribution in [3.63, 3.8) is 0 Å². The van der Waals surface area contributed by atoms with E-state index in [2.05, 4.69) is 43.7 Å². The Labute approximate surface area is 107 Å². The average molecular weight is 301 g/mol. The number of hydrogen-bond donors (Lipinski definition) is 1. The Morgan fingerprint density at radius 1 is 1.56 bits per heavy atom. The summed E-state index contributed by atoms with van der Waals surface area (Å²) in [4.78, 5) is 1.31. The molecule has 86 valence electrons. The third-order valence-electron chi connectivity index (χ3n) is 2.35. The first-order valence-electron chi connectivity index (χ1n) is 4.96. The van der Waals surface area contributed by atoms with Crippen LogP contribution in [0.5, 0.6) is 0 Å². The van der Waals surface area contributed by atoms with Gasteiger partial charge in [0.25, 0.3) is 0 Å². The predicted octanol–water partition coefficient (Wildman–Crippen LogP) is 2.14. The number of rotatable bonds is 4. The quantitative estimate of drug-likeness (QED) is 0.941. The molecule has 0 aliphatic carbocycles. The van der Waals surface area contributed by atoms with Crippen LogP contribution < -0.4 is 5.32 Å². The summed E-state index contributed by atoms with van der Waals surface area (Å²) in [6, 6.07) is 4.50. The van der Waals surface area contributed by atoms with E-state index < -0.39 is 0 Å². The minimum Gasteiger partial charge on any atom is -0.312 e. The number of nitrogens with one attached hydrogen (secondary N) is 1. The second kappa shape index (κ2) is 5.07. The van der Waals surface area contributed by atoms with E-state index in [0.29, 0.717) is 6.04 Å².